The number of halogens is 3. The molecular weight excluding hydrogens is 155 g/mol. The molecule has 1 heterocycles. The van der Waals surface area contributed by atoms with Crippen LogP contribution in [-0.2, 0) is 0 Å². The molecule has 0 radical (unpaired) electrons. The maximum atomic E-state index is 12.2. The van der Waals surface area contributed by atoms with Crippen molar-refractivity contribution in [1.29, 1.82) is 0 Å². The molecule has 1 saturated heterocycles. The summed E-state index contributed by atoms with van der Waals surface area (Å²) in [6.45, 7) is 0.634. The second kappa shape index (κ2) is 1.91. The van der Waals surface area contributed by atoms with E-state index in [2.05, 4.69) is 0 Å². The SMILES string of the molecule is CN1CC2CC2C1C(F)(F)F. The highest BCUT2D eigenvalue weighted by molar-refractivity contribution is 5.05. The molecule has 0 N–H and O–H groups in total. The minimum Gasteiger partial charge on any atom is -0.295 e. The Morgan fingerprint density at radius 3 is 2.27 bits per heavy atom. The lowest BCUT2D eigenvalue weighted by molar-refractivity contribution is -0.178. The fraction of sp³-hybridized carbons (Fsp3) is 1.00. The van der Waals surface area contributed by atoms with Gasteiger partial charge in [0.2, 0.25) is 0 Å². The lowest BCUT2D eigenvalue weighted by Gasteiger charge is -2.24. The van der Waals surface area contributed by atoms with Gasteiger partial charge in [0.1, 0.15) is 6.04 Å². The van der Waals surface area contributed by atoms with Crippen molar-refractivity contribution in [3.8, 4) is 0 Å². The van der Waals surface area contributed by atoms with Gasteiger partial charge in [-0.15, -0.1) is 0 Å². The van der Waals surface area contributed by atoms with Crippen molar-refractivity contribution in [2.75, 3.05) is 13.6 Å². The van der Waals surface area contributed by atoms with Gasteiger partial charge in [0.15, 0.2) is 0 Å². The van der Waals surface area contributed by atoms with Crippen LogP contribution in [0.1, 0.15) is 6.42 Å². The summed E-state index contributed by atoms with van der Waals surface area (Å²) in [5, 5.41) is 0. The third kappa shape index (κ3) is 1.04. The van der Waals surface area contributed by atoms with E-state index in [1.807, 2.05) is 0 Å². The summed E-state index contributed by atoms with van der Waals surface area (Å²) >= 11 is 0. The van der Waals surface area contributed by atoms with Crippen molar-refractivity contribution in [1.82, 2.24) is 4.90 Å². The van der Waals surface area contributed by atoms with Crippen molar-refractivity contribution in [3.63, 3.8) is 0 Å². The molecule has 0 amide bonds. The van der Waals surface area contributed by atoms with Gasteiger partial charge >= 0.3 is 6.18 Å². The largest absolute Gasteiger partial charge is 0.404 e. The van der Waals surface area contributed by atoms with Gasteiger partial charge in [0, 0.05) is 6.54 Å². The third-order valence-electron chi connectivity index (χ3n) is 2.72. The number of alkyl halides is 3. The van der Waals surface area contributed by atoms with E-state index in [0.29, 0.717) is 12.5 Å². The Morgan fingerprint density at radius 2 is 2.00 bits per heavy atom. The molecule has 0 aromatic heterocycles. The molecule has 1 nitrogen and oxygen atoms in total. The first-order chi connectivity index (χ1) is 5.00. The highest BCUT2D eigenvalue weighted by Gasteiger charge is 2.61. The number of rotatable bonds is 0. The van der Waals surface area contributed by atoms with E-state index in [-0.39, 0.29) is 5.92 Å². The van der Waals surface area contributed by atoms with Gasteiger partial charge in [-0.05, 0) is 25.3 Å². The first-order valence-electron chi connectivity index (χ1n) is 3.77. The van der Waals surface area contributed by atoms with Crippen LogP contribution in [0.3, 0.4) is 0 Å². The number of piperidine rings is 1. The van der Waals surface area contributed by atoms with Gasteiger partial charge in [-0.3, -0.25) is 4.90 Å². The van der Waals surface area contributed by atoms with E-state index in [0.717, 1.165) is 6.42 Å². The lowest BCUT2D eigenvalue weighted by atomic mass is 10.2. The normalized spacial score (nSPS) is 44.2. The number of hydrogen-bond acceptors (Lipinski definition) is 1. The minimum atomic E-state index is -4.01. The zero-order valence-electron chi connectivity index (χ0n) is 6.23. The van der Waals surface area contributed by atoms with Crippen LogP contribution < -0.4 is 0 Å². The number of nitrogens with zero attached hydrogens (tertiary/aromatic N) is 1. The van der Waals surface area contributed by atoms with Gasteiger partial charge in [0.25, 0.3) is 0 Å². The standard InChI is InChI=1S/C7H10F3N/c1-11-3-4-2-5(4)6(11)7(8,9)10/h4-6H,2-3H2,1H3. The maximum absolute atomic E-state index is 12.2. The van der Waals surface area contributed by atoms with Crippen LogP contribution >= 0.6 is 0 Å². The van der Waals surface area contributed by atoms with Crippen LogP contribution in [0.15, 0.2) is 0 Å². The molecule has 2 rings (SSSR count). The highest BCUT2D eigenvalue weighted by Crippen LogP contribution is 2.53. The molecule has 4 heteroatoms. The first-order valence-corrected chi connectivity index (χ1v) is 3.77. The molecule has 64 valence electrons. The molecular formula is C7H10F3N. The lowest BCUT2D eigenvalue weighted by Crippen LogP contribution is -2.41. The number of hydrogen-bond donors (Lipinski definition) is 0. The van der Waals surface area contributed by atoms with Crippen molar-refractivity contribution >= 4 is 0 Å². The van der Waals surface area contributed by atoms with E-state index in [4.69, 9.17) is 0 Å². The molecule has 3 atom stereocenters. The summed E-state index contributed by atoms with van der Waals surface area (Å²) in [6.07, 6.45) is -3.22. The predicted octanol–water partition coefficient (Wildman–Crippen LogP) is 1.50. The van der Waals surface area contributed by atoms with Crippen LogP contribution in [-0.4, -0.2) is 30.7 Å². The fourth-order valence-electron chi connectivity index (χ4n) is 2.17. The van der Waals surface area contributed by atoms with E-state index in [9.17, 15) is 13.2 Å². The Bertz CT molecular complexity index is 175. The molecule has 2 fully saturated rings. The topological polar surface area (TPSA) is 3.24 Å². The van der Waals surface area contributed by atoms with E-state index < -0.39 is 12.2 Å². The molecule has 0 aromatic rings. The quantitative estimate of drug-likeness (QED) is 0.525. The van der Waals surface area contributed by atoms with Crippen LogP contribution in [0.25, 0.3) is 0 Å². The molecule has 3 unspecified atom stereocenters. The Morgan fingerprint density at radius 1 is 1.36 bits per heavy atom. The zero-order valence-corrected chi connectivity index (χ0v) is 6.23. The molecule has 11 heavy (non-hydrogen) atoms. The monoisotopic (exact) mass is 165 g/mol. The number of fused-ring (bicyclic) bond motifs is 1. The molecule has 1 aliphatic carbocycles. The minimum absolute atomic E-state index is 0.0833. The van der Waals surface area contributed by atoms with Crippen molar-refractivity contribution in [2.24, 2.45) is 11.8 Å². The van der Waals surface area contributed by atoms with Gasteiger partial charge in [-0.1, -0.05) is 0 Å². The number of likely N-dealkylation sites (tertiary alicyclic amines) is 1. The summed E-state index contributed by atoms with van der Waals surface area (Å²) in [7, 11) is 1.56. The Balaban J connectivity index is 2.12. The maximum Gasteiger partial charge on any atom is 0.404 e. The highest BCUT2D eigenvalue weighted by atomic mass is 19.4. The summed E-state index contributed by atoms with van der Waals surface area (Å²) in [5.41, 5.74) is 0. The summed E-state index contributed by atoms with van der Waals surface area (Å²) < 4.78 is 36.7. The third-order valence-corrected chi connectivity index (χ3v) is 2.72. The second-order valence-corrected chi connectivity index (χ2v) is 3.59. The van der Waals surface area contributed by atoms with Crippen LogP contribution in [0.2, 0.25) is 0 Å². The van der Waals surface area contributed by atoms with Crippen LogP contribution in [0.5, 0.6) is 0 Å². The van der Waals surface area contributed by atoms with Gasteiger partial charge in [-0.25, -0.2) is 0 Å². The summed E-state index contributed by atoms with van der Waals surface area (Å²) in [5.74, 6) is 0.256. The summed E-state index contributed by atoms with van der Waals surface area (Å²) in [6, 6.07) is -1.15. The average molecular weight is 165 g/mol. The summed E-state index contributed by atoms with van der Waals surface area (Å²) in [4.78, 5) is 1.43. The first kappa shape index (κ1) is 7.40. The Hall–Kier alpha value is -0.250. The fourth-order valence-corrected chi connectivity index (χ4v) is 2.17. The molecule has 0 spiro atoms. The van der Waals surface area contributed by atoms with Gasteiger partial charge in [-0.2, -0.15) is 13.2 Å². The average Bonchev–Trinajstić information content (AvgIpc) is 2.38. The van der Waals surface area contributed by atoms with E-state index >= 15 is 0 Å². The van der Waals surface area contributed by atoms with Gasteiger partial charge < -0.3 is 0 Å². The van der Waals surface area contributed by atoms with Crippen molar-refractivity contribution in [3.05, 3.63) is 0 Å². The van der Waals surface area contributed by atoms with Gasteiger partial charge in [0.05, 0.1) is 0 Å². The smallest absolute Gasteiger partial charge is 0.295 e. The second-order valence-electron chi connectivity index (χ2n) is 3.59. The molecule has 2 aliphatic rings. The predicted molar refractivity (Wildman–Crippen MR) is 34.1 cm³/mol. The van der Waals surface area contributed by atoms with Crippen molar-refractivity contribution < 1.29 is 13.2 Å². The molecule has 1 aliphatic heterocycles. The van der Waals surface area contributed by atoms with E-state index in [1.54, 1.807) is 7.05 Å². The van der Waals surface area contributed by atoms with Crippen LogP contribution in [0, 0.1) is 11.8 Å². The van der Waals surface area contributed by atoms with Crippen molar-refractivity contribution in [2.45, 2.75) is 18.6 Å². The molecule has 0 bridgehead atoms. The van der Waals surface area contributed by atoms with E-state index in [1.165, 1.54) is 4.90 Å². The molecule has 1 saturated carbocycles. The Kier molecular flexibility index (Phi) is 1.29. The van der Waals surface area contributed by atoms with Crippen LogP contribution in [0.4, 0.5) is 13.2 Å². The zero-order chi connectivity index (χ0) is 8.22. The molecule has 0 aromatic carbocycles. The Labute approximate surface area is 63.2 Å².